The molecule has 0 spiro atoms. The Balaban J connectivity index is 2.57. The topological polar surface area (TPSA) is 45.3 Å². The predicted molar refractivity (Wildman–Crippen MR) is 86.1 cm³/mol. The van der Waals surface area contributed by atoms with Crippen LogP contribution in [0.4, 0.5) is 0 Å². The fourth-order valence-electron chi connectivity index (χ4n) is 2.54. The van der Waals surface area contributed by atoms with E-state index in [1.54, 1.807) is 6.92 Å². The molecule has 0 aliphatic carbocycles. The van der Waals surface area contributed by atoms with Gasteiger partial charge in [-0.1, -0.05) is 18.2 Å². The van der Waals surface area contributed by atoms with Crippen molar-refractivity contribution in [1.82, 2.24) is 9.88 Å². The van der Waals surface area contributed by atoms with Gasteiger partial charge in [0, 0.05) is 17.8 Å². The molecule has 0 bridgehead atoms. The number of carbonyl (C=O) groups is 1. The van der Waals surface area contributed by atoms with Crippen molar-refractivity contribution in [2.24, 2.45) is 0 Å². The molecule has 0 aliphatic rings. The first kappa shape index (κ1) is 15.9. The Bertz CT molecular complexity index is 634. The van der Waals surface area contributed by atoms with Gasteiger partial charge >= 0.3 is 5.97 Å². The number of aromatic amines is 1. The van der Waals surface area contributed by atoms with Crippen LogP contribution in [-0.2, 0) is 17.7 Å². The Morgan fingerprint density at radius 1 is 1.38 bits per heavy atom. The van der Waals surface area contributed by atoms with Crippen molar-refractivity contribution in [3.05, 3.63) is 35.0 Å². The second-order valence-corrected chi connectivity index (χ2v) is 5.59. The largest absolute Gasteiger partial charge is 0.461 e. The highest BCUT2D eigenvalue weighted by atomic mass is 35.5. The Morgan fingerprint density at radius 2 is 2.14 bits per heavy atom. The zero-order valence-electron chi connectivity index (χ0n) is 12.7. The summed E-state index contributed by atoms with van der Waals surface area (Å²) in [5.74, 6) is 0.154. The highest BCUT2D eigenvalue weighted by Gasteiger charge is 2.19. The van der Waals surface area contributed by atoms with Crippen LogP contribution >= 0.6 is 11.6 Å². The first-order valence-corrected chi connectivity index (χ1v) is 7.62. The number of carbonyl (C=O) groups excluding carboxylic acids is 1. The van der Waals surface area contributed by atoms with Gasteiger partial charge in [-0.15, -0.1) is 11.6 Å². The zero-order chi connectivity index (χ0) is 15.4. The standard InChI is InChI=1S/C16H21ClN2O2/c1-4-21-16(20)15-13(8-9-17)12-7-5-6-11(10-19(2)3)14(12)18-15/h5-7,18H,4,8-10H2,1-3H3. The summed E-state index contributed by atoms with van der Waals surface area (Å²) < 4.78 is 5.14. The fourth-order valence-corrected chi connectivity index (χ4v) is 2.73. The van der Waals surface area contributed by atoms with Gasteiger partial charge in [-0.3, -0.25) is 0 Å². The fraction of sp³-hybridized carbons (Fsp3) is 0.438. The van der Waals surface area contributed by atoms with Crippen LogP contribution in [0.25, 0.3) is 10.9 Å². The van der Waals surface area contributed by atoms with E-state index < -0.39 is 0 Å². The molecule has 1 aromatic heterocycles. The molecule has 0 unspecified atom stereocenters. The van der Waals surface area contributed by atoms with Crippen LogP contribution in [0.1, 0.15) is 28.5 Å². The summed E-state index contributed by atoms with van der Waals surface area (Å²) in [6, 6.07) is 6.11. The van der Waals surface area contributed by atoms with E-state index >= 15 is 0 Å². The minimum Gasteiger partial charge on any atom is -0.461 e. The van der Waals surface area contributed by atoms with E-state index in [-0.39, 0.29) is 5.97 Å². The first-order valence-electron chi connectivity index (χ1n) is 7.08. The van der Waals surface area contributed by atoms with Crippen LogP contribution < -0.4 is 0 Å². The highest BCUT2D eigenvalue weighted by molar-refractivity contribution is 6.18. The minimum absolute atomic E-state index is 0.315. The van der Waals surface area contributed by atoms with Gasteiger partial charge in [0.25, 0.3) is 0 Å². The number of halogens is 1. The van der Waals surface area contributed by atoms with Crippen molar-refractivity contribution >= 4 is 28.5 Å². The van der Waals surface area contributed by atoms with Crippen LogP contribution in [0.15, 0.2) is 18.2 Å². The molecule has 0 saturated carbocycles. The number of fused-ring (bicyclic) bond motifs is 1. The molecule has 0 saturated heterocycles. The quantitative estimate of drug-likeness (QED) is 0.658. The van der Waals surface area contributed by atoms with Gasteiger partial charge in [0.2, 0.25) is 0 Å². The third-order valence-electron chi connectivity index (χ3n) is 3.34. The maximum absolute atomic E-state index is 12.1. The summed E-state index contributed by atoms with van der Waals surface area (Å²) in [5, 5.41) is 1.05. The normalized spacial score (nSPS) is 11.3. The minimum atomic E-state index is -0.315. The average molecular weight is 309 g/mol. The summed E-state index contributed by atoms with van der Waals surface area (Å²) in [4.78, 5) is 17.5. The SMILES string of the molecule is CCOC(=O)c1[nH]c2c(CN(C)C)cccc2c1CCCl. The van der Waals surface area contributed by atoms with Gasteiger partial charge in [-0.2, -0.15) is 0 Å². The number of ether oxygens (including phenoxy) is 1. The molecule has 114 valence electrons. The van der Waals surface area contributed by atoms with E-state index in [0.717, 1.165) is 28.6 Å². The predicted octanol–water partition coefficient (Wildman–Crippen LogP) is 3.19. The lowest BCUT2D eigenvalue weighted by atomic mass is 10.1. The second kappa shape index (κ2) is 6.96. The monoisotopic (exact) mass is 308 g/mol. The lowest BCUT2D eigenvalue weighted by molar-refractivity contribution is 0.0519. The third kappa shape index (κ3) is 3.39. The van der Waals surface area contributed by atoms with E-state index in [2.05, 4.69) is 16.0 Å². The van der Waals surface area contributed by atoms with Crippen LogP contribution in [0.2, 0.25) is 0 Å². The Labute approximate surface area is 130 Å². The van der Waals surface area contributed by atoms with Gasteiger partial charge < -0.3 is 14.6 Å². The number of rotatable bonds is 6. The highest BCUT2D eigenvalue weighted by Crippen LogP contribution is 2.27. The molecule has 1 heterocycles. The van der Waals surface area contributed by atoms with E-state index in [1.165, 1.54) is 0 Å². The molecule has 0 radical (unpaired) electrons. The summed E-state index contributed by atoms with van der Waals surface area (Å²) in [6.07, 6.45) is 0.640. The number of aryl methyl sites for hydroxylation is 1. The van der Waals surface area contributed by atoms with E-state index in [9.17, 15) is 4.79 Å². The average Bonchev–Trinajstić information content (AvgIpc) is 2.79. The summed E-state index contributed by atoms with van der Waals surface area (Å²) >= 11 is 5.90. The van der Waals surface area contributed by atoms with Gasteiger partial charge in [-0.25, -0.2) is 4.79 Å². The number of aromatic nitrogens is 1. The molecule has 5 heteroatoms. The van der Waals surface area contributed by atoms with Gasteiger partial charge in [-0.05, 0) is 38.6 Å². The van der Waals surface area contributed by atoms with E-state index in [4.69, 9.17) is 16.3 Å². The van der Waals surface area contributed by atoms with Crippen LogP contribution in [0, 0.1) is 0 Å². The van der Waals surface area contributed by atoms with Crippen molar-refractivity contribution in [3.63, 3.8) is 0 Å². The van der Waals surface area contributed by atoms with E-state index in [1.807, 2.05) is 26.2 Å². The molecule has 1 aromatic carbocycles. The summed E-state index contributed by atoms with van der Waals surface area (Å²) in [7, 11) is 4.04. The van der Waals surface area contributed by atoms with Crippen LogP contribution in [0.3, 0.4) is 0 Å². The number of alkyl halides is 1. The second-order valence-electron chi connectivity index (χ2n) is 5.22. The molecule has 0 atom stereocenters. The van der Waals surface area contributed by atoms with Crippen LogP contribution in [-0.4, -0.2) is 42.4 Å². The van der Waals surface area contributed by atoms with Crippen molar-refractivity contribution in [2.75, 3.05) is 26.6 Å². The zero-order valence-corrected chi connectivity index (χ0v) is 13.5. The molecule has 0 aliphatic heterocycles. The number of para-hydroxylation sites is 1. The maximum atomic E-state index is 12.1. The molecular weight excluding hydrogens is 288 g/mol. The lowest BCUT2D eigenvalue weighted by Gasteiger charge is -2.10. The summed E-state index contributed by atoms with van der Waals surface area (Å²) in [5.41, 5.74) is 3.62. The van der Waals surface area contributed by atoms with E-state index in [0.29, 0.717) is 24.6 Å². The molecule has 4 nitrogen and oxygen atoms in total. The molecule has 0 fully saturated rings. The number of esters is 1. The molecule has 0 amide bonds. The number of H-pyrrole nitrogens is 1. The Morgan fingerprint density at radius 3 is 2.76 bits per heavy atom. The smallest absolute Gasteiger partial charge is 0.355 e. The summed E-state index contributed by atoms with van der Waals surface area (Å²) in [6.45, 7) is 2.97. The number of benzene rings is 1. The van der Waals surface area contributed by atoms with Crippen LogP contribution in [0.5, 0.6) is 0 Å². The third-order valence-corrected chi connectivity index (χ3v) is 3.53. The van der Waals surface area contributed by atoms with Gasteiger partial charge in [0.15, 0.2) is 0 Å². The van der Waals surface area contributed by atoms with Crippen molar-refractivity contribution in [3.8, 4) is 0 Å². The Hall–Kier alpha value is -1.52. The number of hydrogen-bond donors (Lipinski definition) is 1. The lowest BCUT2D eigenvalue weighted by Crippen LogP contribution is -2.11. The van der Waals surface area contributed by atoms with Gasteiger partial charge in [0.1, 0.15) is 5.69 Å². The molecule has 2 rings (SSSR count). The molecule has 1 N–H and O–H groups in total. The molecule has 21 heavy (non-hydrogen) atoms. The van der Waals surface area contributed by atoms with Crippen molar-refractivity contribution in [1.29, 1.82) is 0 Å². The van der Waals surface area contributed by atoms with Crippen molar-refractivity contribution < 1.29 is 9.53 Å². The maximum Gasteiger partial charge on any atom is 0.355 e. The molecule has 2 aromatic rings. The Kier molecular flexibility index (Phi) is 5.26. The van der Waals surface area contributed by atoms with Crippen molar-refractivity contribution in [2.45, 2.75) is 19.9 Å². The van der Waals surface area contributed by atoms with Gasteiger partial charge in [0.05, 0.1) is 12.1 Å². The first-order chi connectivity index (χ1) is 10.1. The number of nitrogens with zero attached hydrogens (tertiary/aromatic N) is 1. The number of nitrogens with one attached hydrogen (secondary N) is 1. The molecular formula is C16H21ClN2O2. The number of hydrogen-bond acceptors (Lipinski definition) is 3.